The first kappa shape index (κ1) is 17.2. The zero-order valence-electron chi connectivity index (χ0n) is 14.0. The molecule has 23 heavy (non-hydrogen) atoms. The Labute approximate surface area is 137 Å². The molecule has 1 amide bonds. The first-order valence-electron chi connectivity index (χ1n) is 7.94. The fourth-order valence-corrected chi connectivity index (χ4v) is 2.36. The van der Waals surface area contributed by atoms with Crippen molar-refractivity contribution in [3.8, 4) is 5.75 Å². The Bertz CT molecular complexity index is 598. The lowest BCUT2D eigenvalue weighted by atomic mass is 9.87. The molecule has 124 valence electrons. The zero-order valence-corrected chi connectivity index (χ0v) is 14.0. The number of nitrogens with one attached hydrogen (secondary N) is 1. The number of ketones is 1. The summed E-state index contributed by atoms with van der Waals surface area (Å²) in [6.45, 7) is 6.34. The second kappa shape index (κ2) is 7.40. The zero-order chi connectivity index (χ0) is 16.9. The van der Waals surface area contributed by atoms with E-state index in [1.807, 2.05) is 24.3 Å². The van der Waals surface area contributed by atoms with E-state index in [4.69, 9.17) is 4.74 Å². The Morgan fingerprint density at radius 2 is 1.91 bits per heavy atom. The second-order valence-electron chi connectivity index (χ2n) is 6.85. The smallest absolute Gasteiger partial charge is 0.277 e. The average molecular weight is 316 g/mol. The van der Waals surface area contributed by atoms with Crippen LogP contribution in [-0.4, -0.2) is 24.0 Å². The van der Waals surface area contributed by atoms with Gasteiger partial charge in [-0.15, -0.1) is 0 Å². The number of amides is 1. The van der Waals surface area contributed by atoms with Crippen molar-refractivity contribution < 1.29 is 14.3 Å². The van der Waals surface area contributed by atoms with Crippen molar-refractivity contribution in [3.63, 3.8) is 0 Å². The maximum absolute atomic E-state index is 11.7. The number of ether oxygens (including phenoxy) is 1. The van der Waals surface area contributed by atoms with Crippen molar-refractivity contribution in [1.82, 2.24) is 5.43 Å². The molecule has 0 spiro atoms. The predicted octanol–water partition coefficient (Wildman–Crippen LogP) is 2.98. The van der Waals surface area contributed by atoms with E-state index in [1.165, 1.54) is 5.56 Å². The van der Waals surface area contributed by atoms with E-state index in [0.717, 1.165) is 18.6 Å². The largest absolute Gasteiger partial charge is 0.484 e. The molecule has 0 radical (unpaired) electrons. The number of Topliss-reactive ketones (excluding diaryl/α,β-unsaturated/α-hetero) is 1. The highest BCUT2D eigenvalue weighted by Crippen LogP contribution is 2.24. The van der Waals surface area contributed by atoms with Gasteiger partial charge in [-0.25, -0.2) is 5.43 Å². The van der Waals surface area contributed by atoms with Crippen LogP contribution in [0.25, 0.3) is 0 Å². The van der Waals surface area contributed by atoms with Crippen LogP contribution in [-0.2, 0) is 15.0 Å². The van der Waals surface area contributed by atoms with Gasteiger partial charge in [0.25, 0.3) is 5.91 Å². The van der Waals surface area contributed by atoms with Gasteiger partial charge < -0.3 is 4.74 Å². The van der Waals surface area contributed by atoms with E-state index in [9.17, 15) is 9.59 Å². The monoisotopic (exact) mass is 316 g/mol. The molecule has 5 nitrogen and oxygen atoms in total. The molecule has 0 heterocycles. The lowest BCUT2D eigenvalue weighted by Gasteiger charge is -2.19. The molecular weight excluding hydrogens is 292 g/mol. The van der Waals surface area contributed by atoms with Crippen LogP contribution in [0.5, 0.6) is 5.75 Å². The molecule has 0 aliphatic heterocycles. The second-order valence-corrected chi connectivity index (χ2v) is 6.85. The summed E-state index contributed by atoms with van der Waals surface area (Å²) < 4.78 is 5.45. The Morgan fingerprint density at radius 1 is 1.22 bits per heavy atom. The van der Waals surface area contributed by atoms with Crippen LogP contribution in [0.3, 0.4) is 0 Å². The van der Waals surface area contributed by atoms with Crippen LogP contribution in [0.1, 0.15) is 52.0 Å². The number of rotatable bonds is 4. The summed E-state index contributed by atoms with van der Waals surface area (Å²) in [4.78, 5) is 23.0. The number of carbonyl (C=O) groups is 2. The van der Waals surface area contributed by atoms with Crippen molar-refractivity contribution in [1.29, 1.82) is 0 Å². The summed E-state index contributed by atoms with van der Waals surface area (Å²) in [6.07, 6.45) is 2.53. The summed E-state index contributed by atoms with van der Waals surface area (Å²) in [6, 6.07) is 7.72. The number of nitrogens with zero attached hydrogens (tertiary/aromatic N) is 1. The minimum absolute atomic E-state index is 0.0867. The first-order valence-corrected chi connectivity index (χ1v) is 7.94. The third kappa shape index (κ3) is 5.51. The number of hydrogen-bond acceptors (Lipinski definition) is 4. The molecule has 1 saturated carbocycles. The maximum atomic E-state index is 11.7. The van der Waals surface area contributed by atoms with Crippen LogP contribution in [0.2, 0.25) is 0 Å². The molecule has 0 bridgehead atoms. The van der Waals surface area contributed by atoms with Crippen molar-refractivity contribution in [2.75, 3.05) is 6.61 Å². The molecule has 5 heteroatoms. The van der Waals surface area contributed by atoms with Crippen LogP contribution < -0.4 is 10.2 Å². The minimum atomic E-state index is -0.324. The Kier molecular flexibility index (Phi) is 5.53. The summed E-state index contributed by atoms with van der Waals surface area (Å²) in [5.41, 5.74) is 4.49. The van der Waals surface area contributed by atoms with Gasteiger partial charge in [-0.3, -0.25) is 9.59 Å². The minimum Gasteiger partial charge on any atom is -0.484 e. The summed E-state index contributed by atoms with van der Waals surface area (Å²) >= 11 is 0. The highest BCUT2D eigenvalue weighted by atomic mass is 16.5. The average Bonchev–Trinajstić information content (AvgIpc) is 2.50. The highest BCUT2D eigenvalue weighted by molar-refractivity contribution is 6.04. The van der Waals surface area contributed by atoms with Gasteiger partial charge in [0.1, 0.15) is 11.5 Å². The van der Waals surface area contributed by atoms with Crippen molar-refractivity contribution in [2.45, 2.75) is 51.9 Å². The summed E-state index contributed by atoms with van der Waals surface area (Å²) in [5, 5.41) is 4.01. The van der Waals surface area contributed by atoms with Crippen LogP contribution >= 0.6 is 0 Å². The van der Waals surface area contributed by atoms with Gasteiger partial charge in [0, 0.05) is 18.6 Å². The molecular formula is C18H24N2O3. The van der Waals surface area contributed by atoms with Gasteiger partial charge in [-0.05, 0) is 36.0 Å². The molecule has 0 aromatic heterocycles. The van der Waals surface area contributed by atoms with E-state index in [0.29, 0.717) is 18.6 Å². The van der Waals surface area contributed by atoms with Crippen molar-refractivity contribution in [3.05, 3.63) is 29.8 Å². The molecule has 0 unspecified atom stereocenters. The van der Waals surface area contributed by atoms with Crippen molar-refractivity contribution in [2.24, 2.45) is 5.10 Å². The third-order valence-corrected chi connectivity index (χ3v) is 3.75. The van der Waals surface area contributed by atoms with Crippen LogP contribution in [0.4, 0.5) is 0 Å². The van der Waals surface area contributed by atoms with E-state index in [1.54, 1.807) is 0 Å². The Hall–Kier alpha value is -2.17. The SMILES string of the molecule is CC(C)(C)c1ccc(OCC(=O)NN=C2CCCC(=O)C2)cc1. The van der Waals surface area contributed by atoms with Gasteiger partial charge in [0.15, 0.2) is 6.61 Å². The molecule has 0 saturated heterocycles. The molecule has 1 aliphatic rings. The first-order chi connectivity index (χ1) is 10.8. The predicted molar refractivity (Wildman–Crippen MR) is 89.7 cm³/mol. The van der Waals surface area contributed by atoms with E-state index < -0.39 is 0 Å². The Morgan fingerprint density at radius 3 is 2.52 bits per heavy atom. The summed E-state index contributed by atoms with van der Waals surface area (Å²) in [7, 11) is 0. The normalized spacial score (nSPS) is 17.2. The molecule has 1 fully saturated rings. The van der Waals surface area contributed by atoms with Gasteiger partial charge in [0.05, 0.1) is 0 Å². The number of hydrogen-bond donors (Lipinski definition) is 1. The van der Waals surface area contributed by atoms with Crippen LogP contribution in [0, 0.1) is 0 Å². The van der Waals surface area contributed by atoms with Gasteiger partial charge in [-0.2, -0.15) is 5.10 Å². The number of hydrazone groups is 1. The van der Waals surface area contributed by atoms with Crippen LogP contribution in [0.15, 0.2) is 29.4 Å². The highest BCUT2D eigenvalue weighted by Gasteiger charge is 2.15. The molecule has 1 aromatic rings. The fourth-order valence-electron chi connectivity index (χ4n) is 2.36. The molecule has 1 N–H and O–H groups in total. The van der Waals surface area contributed by atoms with E-state index >= 15 is 0 Å². The molecule has 1 aromatic carbocycles. The van der Waals surface area contributed by atoms with Gasteiger partial charge >= 0.3 is 0 Å². The third-order valence-electron chi connectivity index (χ3n) is 3.75. The molecule has 1 aliphatic carbocycles. The quantitative estimate of drug-likeness (QED) is 0.868. The maximum Gasteiger partial charge on any atom is 0.277 e. The van der Waals surface area contributed by atoms with E-state index in [-0.39, 0.29) is 23.7 Å². The van der Waals surface area contributed by atoms with Gasteiger partial charge in [-0.1, -0.05) is 32.9 Å². The topological polar surface area (TPSA) is 67.8 Å². The lowest BCUT2D eigenvalue weighted by molar-refractivity contribution is -0.123. The van der Waals surface area contributed by atoms with Crippen molar-refractivity contribution >= 4 is 17.4 Å². The Balaban J connectivity index is 1.80. The fraction of sp³-hybridized carbons (Fsp3) is 0.500. The number of benzene rings is 1. The summed E-state index contributed by atoms with van der Waals surface area (Å²) in [5.74, 6) is 0.503. The number of carbonyl (C=O) groups excluding carboxylic acids is 2. The molecule has 2 rings (SSSR count). The molecule has 0 atom stereocenters. The lowest BCUT2D eigenvalue weighted by Crippen LogP contribution is -2.27. The standard InChI is InChI=1S/C18H24N2O3/c1-18(2,3)13-7-9-16(10-8-13)23-12-17(22)20-19-14-5-4-6-15(21)11-14/h7-10H,4-6,11-12H2,1-3H3,(H,20,22). The van der Waals surface area contributed by atoms with Gasteiger partial charge in [0.2, 0.25) is 0 Å². The van der Waals surface area contributed by atoms with E-state index in [2.05, 4.69) is 31.3 Å².